The first-order chi connectivity index (χ1) is 21.9. The lowest BCUT2D eigenvalue weighted by Gasteiger charge is -2.19. The van der Waals surface area contributed by atoms with Crippen molar-refractivity contribution in [2.75, 3.05) is 5.32 Å². The highest BCUT2D eigenvalue weighted by Gasteiger charge is 2.28. The average molecular weight is 632 g/mol. The summed E-state index contributed by atoms with van der Waals surface area (Å²) in [6.07, 6.45) is 1.83. The number of carbonyl (C=O) groups excluding carboxylic acids is 1. The number of hydrogen-bond acceptors (Lipinski definition) is 3. The van der Waals surface area contributed by atoms with Gasteiger partial charge in [0.1, 0.15) is 11.5 Å². The van der Waals surface area contributed by atoms with Crippen LogP contribution < -0.4 is 5.32 Å². The third kappa shape index (κ3) is 5.41. The number of aromatic nitrogens is 5. The summed E-state index contributed by atoms with van der Waals surface area (Å²) in [4.78, 5) is 22.7. The normalized spacial score (nSPS) is 12.0. The summed E-state index contributed by atoms with van der Waals surface area (Å²) in [7, 11) is 0. The SMILES string of the molecule is Cc1cc(NC(=O)c2[nH]c3cc(Cl)ccc3c2-c2c(-c3ccccc3)ncn2C(C)c2ccc(Cl)cc2)n(-c2ccccc2)n1. The molecule has 2 N–H and O–H groups in total. The van der Waals surface area contributed by atoms with Crippen molar-refractivity contribution in [3.8, 4) is 28.2 Å². The summed E-state index contributed by atoms with van der Waals surface area (Å²) in [5, 5.41) is 9.83. The zero-order valence-electron chi connectivity index (χ0n) is 24.5. The number of fused-ring (bicyclic) bond motifs is 1. The lowest BCUT2D eigenvalue weighted by molar-refractivity contribution is 0.102. The van der Waals surface area contributed by atoms with Crippen LogP contribution in [0.15, 0.2) is 116 Å². The molecule has 9 heteroatoms. The zero-order valence-corrected chi connectivity index (χ0v) is 26.0. The van der Waals surface area contributed by atoms with E-state index in [-0.39, 0.29) is 11.9 Å². The van der Waals surface area contributed by atoms with E-state index in [1.807, 2.05) is 122 Å². The number of aryl methyl sites for hydroxylation is 1. The second-order valence-corrected chi connectivity index (χ2v) is 11.8. The first-order valence-electron chi connectivity index (χ1n) is 14.5. The summed E-state index contributed by atoms with van der Waals surface area (Å²) in [5.41, 5.74) is 7.00. The van der Waals surface area contributed by atoms with E-state index in [1.165, 1.54) is 0 Å². The molecule has 0 aliphatic carbocycles. The maximum absolute atomic E-state index is 14.4. The number of halogens is 2. The molecule has 3 aromatic heterocycles. The van der Waals surface area contributed by atoms with Crippen LogP contribution in [0.5, 0.6) is 0 Å². The number of H-pyrrole nitrogens is 1. The van der Waals surface area contributed by atoms with Gasteiger partial charge in [-0.1, -0.05) is 89.9 Å². The van der Waals surface area contributed by atoms with E-state index < -0.39 is 0 Å². The van der Waals surface area contributed by atoms with E-state index in [2.05, 4.69) is 26.9 Å². The standard InChI is InChI=1S/C36H28Cl2N6O/c1-22-19-31(44(42-22)28-11-7-4-8-12-28)41-36(45)34-32(29-18-17-27(38)20-30(29)40-34)35-33(25-9-5-3-6-10-25)39-21-43(35)23(2)24-13-15-26(37)16-14-24/h3-21,23,40H,1-2H3,(H,41,45). The molecule has 0 saturated carbocycles. The minimum absolute atomic E-state index is 0.127. The second-order valence-electron chi connectivity index (χ2n) is 10.9. The zero-order chi connectivity index (χ0) is 31.1. The number of benzene rings is 4. The molecule has 1 amide bonds. The average Bonchev–Trinajstić information content (AvgIpc) is 3.76. The summed E-state index contributed by atoms with van der Waals surface area (Å²) in [6.45, 7) is 4.00. The number of carbonyl (C=O) groups is 1. The quantitative estimate of drug-likeness (QED) is 0.184. The molecule has 0 radical (unpaired) electrons. The van der Waals surface area contributed by atoms with Gasteiger partial charge in [0, 0.05) is 38.1 Å². The Labute approximate surface area is 270 Å². The lowest BCUT2D eigenvalue weighted by atomic mass is 9.99. The number of nitrogens with zero attached hydrogens (tertiary/aromatic N) is 4. The molecule has 7 aromatic rings. The van der Waals surface area contributed by atoms with Gasteiger partial charge in [0.25, 0.3) is 5.91 Å². The number of amides is 1. The molecule has 222 valence electrons. The summed E-state index contributed by atoms with van der Waals surface area (Å²) < 4.78 is 3.84. The monoisotopic (exact) mass is 630 g/mol. The van der Waals surface area contributed by atoms with Crippen LogP contribution in [0.3, 0.4) is 0 Å². The Bertz CT molecular complexity index is 2150. The van der Waals surface area contributed by atoms with Gasteiger partial charge in [0.05, 0.1) is 35.1 Å². The van der Waals surface area contributed by atoms with Gasteiger partial charge in [0.2, 0.25) is 0 Å². The Hall–Kier alpha value is -5.11. The number of imidazole rings is 1. The van der Waals surface area contributed by atoms with Crippen LogP contribution in [0, 0.1) is 6.92 Å². The van der Waals surface area contributed by atoms with Crippen LogP contribution in [0.2, 0.25) is 10.0 Å². The van der Waals surface area contributed by atoms with Crippen molar-refractivity contribution in [3.05, 3.63) is 143 Å². The number of anilines is 1. The summed E-state index contributed by atoms with van der Waals surface area (Å²) in [6, 6.07) is 34.8. The van der Waals surface area contributed by atoms with Gasteiger partial charge in [-0.15, -0.1) is 0 Å². The van der Waals surface area contributed by atoms with Crippen LogP contribution >= 0.6 is 23.2 Å². The lowest BCUT2D eigenvalue weighted by Crippen LogP contribution is -2.17. The Morgan fingerprint density at radius 1 is 0.867 bits per heavy atom. The van der Waals surface area contributed by atoms with Gasteiger partial charge in [-0.25, -0.2) is 9.67 Å². The van der Waals surface area contributed by atoms with E-state index in [9.17, 15) is 4.79 Å². The minimum atomic E-state index is -0.319. The number of para-hydroxylation sites is 1. The van der Waals surface area contributed by atoms with E-state index in [1.54, 1.807) is 4.68 Å². The number of rotatable bonds is 7. The topological polar surface area (TPSA) is 80.5 Å². The second kappa shape index (κ2) is 11.8. The largest absolute Gasteiger partial charge is 0.350 e. The molecule has 0 bridgehead atoms. The Morgan fingerprint density at radius 3 is 2.29 bits per heavy atom. The number of hydrogen-bond donors (Lipinski definition) is 2. The molecule has 0 spiro atoms. The fourth-order valence-corrected chi connectivity index (χ4v) is 6.03. The molecule has 1 unspecified atom stereocenters. The van der Waals surface area contributed by atoms with Crippen LogP contribution in [0.1, 0.15) is 34.7 Å². The van der Waals surface area contributed by atoms with Crippen LogP contribution in [0.4, 0.5) is 5.82 Å². The minimum Gasteiger partial charge on any atom is -0.350 e. The fourth-order valence-electron chi connectivity index (χ4n) is 5.73. The number of aromatic amines is 1. The smallest absolute Gasteiger partial charge is 0.273 e. The Kier molecular flexibility index (Phi) is 7.49. The Morgan fingerprint density at radius 2 is 1.56 bits per heavy atom. The molecule has 7 rings (SSSR count). The van der Waals surface area contributed by atoms with Gasteiger partial charge >= 0.3 is 0 Å². The van der Waals surface area contributed by atoms with E-state index in [4.69, 9.17) is 28.2 Å². The van der Waals surface area contributed by atoms with Gasteiger partial charge < -0.3 is 14.9 Å². The maximum atomic E-state index is 14.4. The summed E-state index contributed by atoms with van der Waals surface area (Å²) in [5.74, 6) is 0.234. The highest BCUT2D eigenvalue weighted by Crippen LogP contribution is 2.41. The maximum Gasteiger partial charge on any atom is 0.273 e. The van der Waals surface area contributed by atoms with Crippen LogP contribution in [0.25, 0.3) is 39.1 Å². The van der Waals surface area contributed by atoms with E-state index in [0.717, 1.165) is 50.4 Å². The van der Waals surface area contributed by atoms with E-state index in [0.29, 0.717) is 21.6 Å². The molecule has 7 nitrogen and oxygen atoms in total. The first kappa shape index (κ1) is 28.6. The molecule has 45 heavy (non-hydrogen) atoms. The molecule has 0 saturated heterocycles. The third-order valence-electron chi connectivity index (χ3n) is 7.91. The molecular formula is C36H28Cl2N6O. The molecule has 1 atom stereocenters. The predicted molar refractivity (Wildman–Crippen MR) is 181 cm³/mol. The molecule has 0 fully saturated rings. The molecule has 0 aliphatic rings. The van der Waals surface area contributed by atoms with Crippen molar-refractivity contribution >= 4 is 45.8 Å². The molecule has 4 aromatic carbocycles. The first-order valence-corrected chi connectivity index (χ1v) is 15.3. The van der Waals surface area contributed by atoms with Crippen LogP contribution in [-0.2, 0) is 0 Å². The van der Waals surface area contributed by atoms with Crippen molar-refractivity contribution in [3.63, 3.8) is 0 Å². The van der Waals surface area contributed by atoms with Gasteiger partial charge in [-0.05, 0) is 55.8 Å². The number of nitrogens with one attached hydrogen (secondary N) is 2. The van der Waals surface area contributed by atoms with Crippen LogP contribution in [-0.4, -0.2) is 30.2 Å². The predicted octanol–water partition coefficient (Wildman–Crippen LogP) is 9.36. The van der Waals surface area contributed by atoms with E-state index >= 15 is 0 Å². The van der Waals surface area contributed by atoms with Crippen molar-refractivity contribution in [1.82, 2.24) is 24.3 Å². The van der Waals surface area contributed by atoms with Crippen molar-refractivity contribution in [2.45, 2.75) is 19.9 Å². The molecular weight excluding hydrogens is 603 g/mol. The highest BCUT2D eigenvalue weighted by molar-refractivity contribution is 6.31. The van der Waals surface area contributed by atoms with Crippen molar-refractivity contribution in [2.24, 2.45) is 0 Å². The summed E-state index contributed by atoms with van der Waals surface area (Å²) >= 11 is 12.7. The highest BCUT2D eigenvalue weighted by atomic mass is 35.5. The molecule has 3 heterocycles. The third-order valence-corrected chi connectivity index (χ3v) is 8.40. The van der Waals surface area contributed by atoms with Gasteiger partial charge in [0.15, 0.2) is 0 Å². The Balaban J connectivity index is 1.43. The van der Waals surface area contributed by atoms with Crippen molar-refractivity contribution < 1.29 is 4.79 Å². The molecule has 0 aliphatic heterocycles. The van der Waals surface area contributed by atoms with Gasteiger partial charge in [-0.3, -0.25) is 4.79 Å². The van der Waals surface area contributed by atoms with Gasteiger partial charge in [-0.2, -0.15) is 5.10 Å². The fraction of sp³-hybridized carbons (Fsp3) is 0.0833. The van der Waals surface area contributed by atoms with Crippen molar-refractivity contribution in [1.29, 1.82) is 0 Å².